The number of piperazine rings is 1. The Morgan fingerprint density at radius 2 is 1.67 bits per heavy atom. The van der Waals surface area contributed by atoms with Crippen molar-refractivity contribution in [1.82, 2.24) is 4.90 Å². The molecule has 0 radical (unpaired) electrons. The number of benzene rings is 2. The quantitative estimate of drug-likeness (QED) is 0.909. The van der Waals surface area contributed by atoms with Gasteiger partial charge in [-0.15, -0.1) is 0 Å². The highest BCUT2D eigenvalue weighted by Crippen LogP contribution is 2.28. The molecule has 1 saturated heterocycles. The molecule has 0 spiro atoms. The van der Waals surface area contributed by atoms with Gasteiger partial charge in [0.1, 0.15) is 5.75 Å². The van der Waals surface area contributed by atoms with Crippen molar-refractivity contribution < 1.29 is 9.90 Å². The summed E-state index contributed by atoms with van der Waals surface area (Å²) in [6.45, 7) is 6.36. The van der Waals surface area contributed by atoms with Crippen molar-refractivity contribution in [1.29, 1.82) is 0 Å². The molecule has 0 aromatic heterocycles. The van der Waals surface area contributed by atoms with Crippen LogP contribution in [0.4, 0.5) is 11.4 Å². The fourth-order valence-corrected chi connectivity index (χ4v) is 4.18. The molecule has 1 amide bonds. The van der Waals surface area contributed by atoms with Gasteiger partial charge < -0.3 is 14.9 Å². The smallest absolute Gasteiger partial charge is 0.244 e. The number of carbonyl (C=O) groups is 1. The average Bonchev–Trinajstić information content (AvgIpc) is 2.73. The van der Waals surface area contributed by atoms with E-state index in [0.29, 0.717) is 5.75 Å². The van der Waals surface area contributed by atoms with Crippen molar-refractivity contribution in [2.24, 2.45) is 0 Å². The summed E-state index contributed by atoms with van der Waals surface area (Å²) in [6.07, 6.45) is 2.09. The lowest BCUT2D eigenvalue weighted by Gasteiger charge is -2.40. The number of hydrogen-bond donors (Lipinski definition) is 1. The molecule has 2 heterocycles. The second-order valence-electron chi connectivity index (χ2n) is 7.44. The summed E-state index contributed by atoms with van der Waals surface area (Å²) in [5, 5.41) is 9.46. The number of fused-ring (bicyclic) bond motifs is 1. The van der Waals surface area contributed by atoms with E-state index >= 15 is 0 Å². The van der Waals surface area contributed by atoms with E-state index in [1.807, 2.05) is 30.0 Å². The molecule has 142 valence electrons. The molecule has 4 rings (SSSR count). The Hall–Kier alpha value is -2.53. The lowest BCUT2D eigenvalue weighted by atomic mass is 10.0. The molecular formula is C22H27N3O2. The van der Waals surface area contributed by atoms with Gasteiger partial charge in [-0.2, -0.15) is 0 Å². The number of para-hydroxylation sites is 1. The summed E-state index contributed by atoms with van der Waals surface area (Å²) >= 11 is 0. The fourth-order valence-electron chi connectivity index (χ4n) is 4.18. The Balaban J connectivity index is 1.40. The van der Waals surface area contributed by atoms with Gasteiger partial charge >= 0.3 is 0 Å². The van der Waals surface area contributed by atoms with Crippen LogP contribution >= 0.6 is 0 Å². The normalized spacial score (nSPS) is 18.9. The van der Waals surface area contributed by atoms with Gasteiger partial charge in [-0.3, -0.25) is 9.69 Å². The highest BCUT2D eigenvalue weighted by atomic mass is 16.3. The molecule has 0 saturated carbocycles. The molecule has 5 nitrogen and oxygen atoms in total. The van der Waals surface area contributed by atoms with Crippen LogP contribution in [0, 0.1) is 0 Å². The highest BCUT2D eigenvalue weighted by molar-refractivity contribution is 5.98. The molecule has 1 unspecified atom stereocenters. The number of anilines is 2. The van der Waals surface area contributed by atoms with E-state index in [4.69, 9.17) is 0 Å². The third-order valence-corrected chi connectivity index (χ3v) is 5.81. The molecule has 2 aliphatic rings. The van der Waals surface area contributed by atoms with Crippen molar-refractivity contribution in [2.75, 3.05) is 42.5 Å². The minimum atomic E-state index is -0.113. The average molecular weight is 365 g/mol. The molecule has 2 aliphatic heterocycles. The third kappa shape index (κ3) is 3.65. The SMILES string of the molecule is CC(C(=O)N1CCCc2ccccc21)N1CCN(c2ccc(O)cc2)CC1. The topological polar surface area (TPSA) is 47.0 Å². The number of hydrogen-bond acceptors (Lipinski definition) is 4. The van der Waals surface area contributed by atoms with Gasteiger partial charge in [0, 0.05) is 44.1 Å². The van der Waals surface area contributed by atoms with E-state index in [9.17, 15) is 9.90 Å². The Morgan fingerprint density at radius 3 is 2.41 bits per heavy atom. The van der Waals surface area contributed by atoms with Gasteiger partial charge in [0.05, 0.1) is 6.04 Å². The molecule has 1 atom stereocenters. The second-order valence-corrected chi connectivity index (χ2v) is 7.44. The Morgan fingerprint density at radius 1 is 0.963 bits per heavy atom. The Kier molecular flexibility index (Phi) is 5.03. The van der Waals surface area contributed by atoms with Gasteiger partial charge in [-0.1, -0.05) is 18.2 Å². The van der Waals surface area contributed by atoms with Gasteiger partial charge in [0.15, 0.2) is 0 Å². The van der Waals surface area contributed by atoms with E-state index in [-0.39, 0.29) is 11.9 Å². The van der Waals surface area contributed by atoms with Gasteiger partial charge in [-0.05, 0) is 55.7 Å². The van der Waals surface area contributed by atoms with Crippen LogP contribution in [-0.2, 0) is 11.2 Å². The van der Waals surface area contributed by atoms with Crippen LogP contribution in [0.2, 0.25) is 0 Å². The fraction of sp³-hybridized carbons (Fsp3) is 0.409. The summed E-state index contributed by atoms with van der Waals surface area (Å²) in [5.41, 5.74) is 3.49. The Bertz CT molecular complexity index is 797. The molecule has 2 aromatic carbocycles. The van der Waals surface area contributed by atoms with Crippen molar-refractivity contribution in [3.05, 3.63) is 54.1 Å². The zero-order chi connectivity index (χ0) is 18.8. The number of nitrogens with zero attached hydrogens (tertiary/aromatic N) is 3. The lowest BCUT2D eigenvalue weighted by molar-refractivity contribution is -0.123. The molecule has 2 aromatic rings. The maximum absolute atomic E-state index is 13.2. The number of amides is 1. The zero-order valence-electron chi connectivity index (χ0n) is 15.8. The minimum absolute atomic E-state index is 0.113. The largest absolute Gasteiger partial charge is 0.508 e. The highest BCUT2D eigenvalue weighted by Gasteiger charge is 2.31. The molecule has 0 bridgehead atoms. The molecule has 0 aliphatic carbocycles. The molecule has 1 N–H and O–H groups in total. The van der Waals surface area contributed by atoms with Crippen LogP contribution in [0.15, 0.2) is 48.5 Å². The minimum Gasteiger partial charge on any atom is -0.508 e. The van der Waals surface area contributed by atoms with Crippen LogP contribution in [0.3, 0.4) is 0 Å². The van der Waals surface area contributed by atoms with E-state index < -0.39 is 0 Å². The first kappa shape index (κ1) is 17.9. The summed E-state index contributed by atoms with van der Waals surface area (Å²) in [6, 6.07) is 15.5. The first-order valence-corrected chi connectivity index (χ1v) is 9.81. The second kappa shape index (κ2) is 7.61. The standard InChI is InChI=1S/C22H27N3O2/c1-17(22(27)25-12-4-6-18-5-2-3-7-21(18)25)23-13-15-24(16-14-23)19-8-10-20(26)11-9-19/h2-3,5,7-11,17,26H,4,6,12-16H2,1H3. The maximum atomic E-state index is 13.2. The molecular weight excluding hydrogens is 338 g/mol. The molecule has 5 heteroatoms. The molecule has 27 heavy (non-hydrogen) atoms. The number of rotatable bonds is 3. The monoisotopic (exact) mass is 365 g/mol. The predicted octanol–water partition coefficient (Wildman–Crippen LogP) is 2.88. The number of aryl methyl sites for hydroxylation is 1. The zero-order valence-corrected chi connectivity index (χ0v) is 15.8. The van der Waals surface area contributed by atoms with E-state index in [1.54, 1.807) is 12.1 Å². The third-order valence-electron chi connectivity index (χ3n) is 5.81. The van der Waals surface area contributed by atoms with E-state index in [0.717, 1.165) is 56.9 Å². The predicted molar refractivity (Wildman–Crippen MR) is 108 cm³/mol. The summed E-state index contributed by atoms with van der Waals surface area (Å²) in [5.74, 6) is 0.499. The van der Waals surface area contributed by atoms with Crippen LogP contribution in [0.25, 0.3) is 0 Å². The van der Waals surface area contributed by atoms with Gasteiger partial charge in [-0.25, -0.2) is 0 Å². The van der Waals surface area contributed by atoms with E-state index in [1.165, 1.54) is 5.56 Å². The number of aromatic hydroxyl groups is 1. The molecule has 1 fully saturated rings. The van der Waals surface area contributed by atoms with Crippen molar-refractivity contribution >= 4 is 17.3 Å². The van der Waals surface area contributed by atoms with Gasteiger partial charge in [0.25, 0.3) is 0 Å². The van der Waals surface area contributed by atoms with Gasteiger partial charge in [0.2, 0.25) is 5.91 Å². The summed E-state index contributed by atoms with van der Waals surface area (Å²) < 4.78 is 0. The van der Waals surface area contributed by atoms with Crippen molar-refractivity contribution in [2.45, 2.75) is 25.8 Å². The Labute approximate surface area is 160 Å². The van der Waals surface area contributed by atoms with Crippen molar-refractivity contribution in [3.63, 3.8) is 0 Å². The lowest BCUT2D eigenvalue weighted by Crippen LogP contribution is -2.55. The van der Waals surface area contributed by atoms with E-state index in [2.05, 4.69) is 28.0 Å². The number of carbonyl (C=O) groups excluding carboxylic acids is 1. The summed E-state index contributed by atoms with van der Waals surface area (Å²) in [4.78, 5) is 19.8. The van der Waals surface area contributed by atoms with Crippen LogP contribution in [-0.4, -0.2) is 54.7 Å². The first-order valence-electron chi connectivity index (χ1n) is 9.81. The van der Waals surface area contributed by atoms with Crippen molar-refractivity contribution in [3.8, 4) is 5.75 Å². The van der Waals surface area contributed by atoms with Crippen LogP contribution in [0.1, 0.15) is 18.9 Å². The number of phenolic OH excluding ortho intramolecular Hbond substituents is 1. The first-order chi connectivity index (χ1) is 13.1. The number of phenols is 1. The van der Waals surface area contributed by atoms with Crippen LogP contribution in [0.5, 0.6) is 5.75 Å². The van der Waals surface area contributed by atoms with Crippen LogP contribution < -0.4 is 9.80 Å². The maximum Gasteiger partial charge on any atom is 0.244 e. The summed E-state index contributed by atoms with van der Waals surface area (Å²) in [7, 11) is 0.